The van der Waals surface area contributed by atoms with Crippen molar-refractivity contribution in [2.75, 3.05) is 25.1 Å². The van der Waals surface area contributed by atoms with Crippen LogP contribution in [0.4, 0.5) is 10.1 Å². The SMILES string of the molecule is COC1CN(c2cccc(F)c2C(C)O)CCC1C. The minimum atomic E-state index is -0.809. The number of halogens is 1. The minimum Gasteiger partial charge on any atom is -0.389 e. The lowest BCUT2D eigenvalue weighted by atomic mass is 9.94. The van der Waals surface area contributed by atoms with Crippen molar-refractivity contribution in [3.63, 3.8) is 0 Å². The Kier molecular flexibility index (Phi) is 4.42. The Labute approximate surface area is 114 Å². The van der Waals surface area contributed by atoms with Crippen LogP contribution in [0.25, 0.3) is 0 Å². The van der Waals surface area contributed by atoms with E-state index in [1.54, 1.807) is 20.1 Å². The summed E-state index contributed by atoms with van der Waals surface area (Å²) in [4.78, 5) is 2.11. The van der Waals surface area contributed by atoms with Gasteiger partial charge in [0.05, 0.1) is 12.2 Å². The molecule has 1 heterocycles. The molecule has 1 aliphatic rings. The summed E-state index contributed by atoms with van der Waals surface area (Å²) < 4.78 is 19.4. The second-order valence-electron chi connectivity index (χ2n) is 5.33. The maximum absolute atomic E-state index is 13.9. The minimum absolute atomic E-state index is 0.152. The lowest BCUT2D eigenvalue weighted by Crippen LogP contribution is -2.44. The van der Waals surface area contributed by atoms with Gasteiger partial charge in [-0.05, 0) is 31.4 Å². The van der Waals surface area contributed by atoms with Crippen molar-refractivity contribution in [3.8, 4) is 0 Å². The van der Waals surface area contributed by atoms with Crippen LogP contribution in [0.2, 0.25) is 0 Å². The standard InChI is InChI=1S/C15H22FNO2/c1-10-7-8-17(9-14(10)19-3)13-6-4-5-12(16)15(13)11(2)18/h4-6,10-11,14,18H,7-9H2,1-3H3. The number of piperidine rings is 1. The molecule has 1 aromatic rings. The van der Waals surface area contributed by atoms with Gasteiger partial charge >= 0.3 is 0 Å². The van der Waals surface area contributed by atoms with Crippen molar-refractivity contribution in [2.24, 2.45) is 5.92 Å². The zero-order valence-corrected chi connectivity index (χ0v) is 11.8. The van der Waals surface area contributed by atoms with E-state index in [2.05, 4.69) is 11.8 Å². The van der Waals surface area contributed by atoms with E-state index in [-0.39, 0.29) is 11.9 Å². The van der Waals surface area contributed by atoms with E-state index >= 15 is 0 Å². The second kappa shape index (κ2) is 5.88. The summed E-state index contributed by atoms with van der Waals surface area (Å²) in [6.45, 7) is 5.37. The molecule has 0 bridgehead atoms. The van der Waals surface area contributed by atoms with E-state index < -0.39 is 6.10 Å². The first-order valence-electron chi connectivity index (χ1n) is 6.78. The van der Waals surface area contributed by atoms with Gasteiger partial charge in [0.15, 0.2) is 0 Å². The molecule has 0 radical (unpaired) electrons. The van der Waals surface area contributed by atoms with Gasteiger partial charge in [-0.2, -0.15) is 0 Å². The summed E-state index contributed by atoms with van der Waals surface area (Å²) in [7, 11) is 1.71. The molecule has 106 valence electrons. The number of nitrogens with zero attached hydrogens (tertiary/aromatic N) is 1. The number of aliphatic hydroxyl groups is 1. The van der Waals surface area contributed by atoms with Crippen LogP contribution in [0.5, 0.6) is 0 Å². The number of aliphatic hydroxyl groups excluding tert-OH is 1. The van der Waals surface area contributed by atoms with Gasteiger partial charge in [-0.15, -0.1) is 0 Å². The number of benzene rings is 1. The molecule has 1 N–H and O–H groups in total. The van der Waals surface area contributed by atoms with Crippen molar-refractivity contribution >= 4 is 5.69 Å². The van der Waals surface area contributed by atoms with Crippen molar-refractivity contribution in [1.29, 1.82) is 0 Å². The van der Waals surface area contributed by atoms with E-state index in [0.29, 0.717) is 11.5 Å². The van der Waals surface area contributed by atoms with E-state index in [4.69, 9.17) is 4.74 Å². The molecular formula is C15H22FNO2. The number of rotatable bonds is 3. The first-order chi connectivity index (χ1) is 9.04. The largest absolute Gasteiger partial charge is 0.389 e. The van der Waals surface area contributed by atoms with Crippen LogP contribution < -0.4 is 4.90 Å². The fraction of sp³-hybridized carbons (Fsp3) is 0.600. The van der Waals surface area contributed by atoms with Crippen LogP contribution in [0, 0.1) is 11.7 Å². The van der Waals surface area contributed by atoms with Crippen LogP contribution in [0.15, 0.2) is 18.2 Å². The molecule has 0 saturated carbocycles. The lowest BCUT2D eigenvalue weighted by Gasteiger charge is -2.38. The molecule has 3 atom stereocenters. The first kappa shape index (κ1) is 14.3. The summed E-state index contributed by atoms with van der Waals surface area (Å²) in [6, 6.07) is 4.95. The van der Waals surface area contributed by atoms with Gasteiger partial charge in [-0.25, -0.2) is 4.39 Å². The van der Waals surface area contributed by atoms with Crippen LogP contribution in [-0.4, -0.2) is 31.4 Å². The number of ether oxygens (including phenoxy) is 1. The van der Waals surface area contributed by atoms with Crippen molar-refractivity contribution < 1.29 is 14.2 Å². The molecule has 3 unspecified atom stereocenters. The molecule has 2 rings (SSSR count). The maximum atomic E-state index is 13.9. The van der Waals surface area contributed by atoms with Gasteiger partial charge in [-0.3, -0.25) is 0 Å². The summed E-state index contributed by atoms with van der Waals surface area (Å²) in [5.41, 5.74) is 1.16. The topological polar surface area (TPSA) is 32.7 Å². The van der Waals surface area contributed by atoms with E-state index in [9.17, 15) is 9.50 Å². The van der Waals surface area contributed by atoms with Crippen LogP contribution >= 0.6 is 0 Å². The average molecular weight is 267 g/mol. The molecule has 19 heavy (non-hydrogen) atoms. The monoisotopic (exact) mass is 267 g/mol. The third-order valence-corrected chi connectivity index (χ3v) is 3.98. The molecule has 1 saturated heterocycles. The van der Waals surface area contributed by atoms with Crippen LogP contribution in [-0.2, 0) is 4.74 Å². The number of hydrogen-bond donors (Lipinski definition) is 1. The first-order valence-corrected chi connectivity index (χ1v) is 6.78. The van der Waals surface area contributed by atoms with E-state index in [1.165, 1.54) is 6.07 Å². The molecule has 0 spiro atoms. The maximum Gasteiger partial charge on any atom is 0.131 e. The molecule has 1 fully saturated rings. The molecular weight excluding hydrogens is 245 g/mol. The summed E-state index contributed by atoms with van der Waals surface area (Å²) in [6.07, 6.45) is 0.351. The zero-order chi connectivity index (χ0) is 14.0. The Morgan fingerprint density at radius 3 is 2.84 bits per heavy atom. The highest BCUT2D eigenvalue weighted by Gasteiger charge is 2.28. The Morgan fingerprint density at radius 1 is 1.47 bits per heavy atom. The van der Waals surface area contributed by atoms with Gasteiger partial charge in [0, 0.05) is 31.5 Å². The highest BCUT2D eigenvalue weighted by molar-refractivity contribution is 5.55. The normalized spacial score (nSPS) is 25.4. The Bertz CT molecular complexity index is 436. The average Bonchev–Trinajstić information content (AvgIpc) is 2.38. The smallest absolute Gasteiger partial charge is 0.131 e. The molecule has 3 nitrogen and oxygen atoms in total. The van der Waals surface area contributed by atoms with Crippen molar-refractivity contribution in [3.05, 3.63) is 29.6 Å². The van der Waals surface area contributed by atoms with Gasteiger partial charge in [-0.1, -0.05) is 13.0 Å². The van der Waals surface area contributed by atoms with Gasteiger partial charge in [0.25, 0.3) is 0 Å². The summed E-state index contributed by atoms with van der Waals surface area (Å²) >= 11 is 0. The molecule has 0 amide bonds. The predicted octanol–water partition coefficient (Wildman–Crippen LogP) is 2.74. The third-order valence-electron chi connectivity index (χ3n) is 3.98. The Morgan fingerprint density at radius 2 is 2.21 bits per heavy atom. The van der Waals surface area contributed by atoms with Crippen molar-refractivity contribution in [2.45, 2.75) is 32.5 Å². The van der Waals surface area contributed by atoms with Gasteiger partial charge < -0.3 is 14.7 Å². The highest BCUT2D eigenvalue weighted by Crippen LogP contribution is 2.32. The van der Waals surface area contributed by atoms with Gasteiger partial charge in [0.1, 0.15) is 5.82 Å². The Balaban J connectivity index is 2.29. The van der Waals surface area contributed by atoms with E-state index in [1.807, 2.05) is 6.07 Å². The summed E-state index contributed by atoms with van der Waals surface area (Å²) in [5, 5.41) is 9.79. The van der Waals surface area contributed by atoms with Crippen molar-refractivity contribution in [1.82, 2.24) is 0 Å². The predicted molar refractivity (Wildman–Crippen MR) is 73.8 cm³/mol. The molecule has 1 aliphatic heterocycles. The lowest BCUT2D eigenvalue weighted by molar-refractivity contribution is 0.0496. The molecule has 4 heteroatoms. The van der Waals surface area contributed by atoms with Gasteiger partial charge in [0.2, 0.25) is 0 Å². The summed E-state index contributed by atoms with van der Waals surface area (Å²) in [5.74, 6) is 0.157. The van der Waals surface area contributed by atoms with Crippen LogP contribution in [0.1, 0.15) is 31.9 Å². The Hall–Kier alpha value is -1.13. The quantitative estimate of drug-likeness (QED) is 0.914. The highest BCUT2D eigenvalue weighted by atomic mass is 19.1. The van der Waals surface area contributed by atoms with E-state index in [0.717, 1.165) is 25.2 Å². The number of anilines is 1. The third kappa shape index (κ3) is 2.90. The molecule has 1 aromatic carbocycles. The second-order valence-corrected chi connectivity index (χ2v) is 5.33. The molecule has 0 aromatic heterocycles. The molecule has 0 aliphatic carbocycles. The zero-order valence-electron chi connectivity index (χ0n) is 11.8. The fourth-order valence-corrected chi connectivity index (χ4v) is 2.77. The fourth-order valence-electron chi connectivity index (χ4n) is 2.77. The number of hydrogen-bond acceptors (Lipinski definition) is 3. The number of methoxy groups -OCH3 is 1. The van der Waals surface area contributed by atoms with Crippen LogP contribution in [0.3, 0.4) is 0 Å².